The van der Waals surface area contributed by atoms with Crippen molar-refractivity contribution in [2.24, 2.45) is 0 Å². The number of ether oxygens (including phenoxy) is 1. The molecule has 0 radical (unpaired) electrons. The van der Waals surface area contributed by atoms with E-state index in [1.807, 2.05) is 35.2 Å². The van der Waals surface area contributed by atoms with Crippen LogP contribution in [0, 0.1) is 0 Å². The Morgan fingerprint density at radius 3 is 2.57 bits per heavy atom. The van der Waals surface area contributed by atoms with Gasteiger partial charge >= 0.3 is 0 Å². The number of anilines is 1. The Bertz CT molecular complexity index is 896. The maximum Gasteiger partial charge on any atom is 0.280 e. The van der Waals surface area contributed by atoms with Gasteiger partial charge in [0.25, 0.3) is 11.5 Å². The minimum Gasteiger partial charge on any atom is -0.384 e. The van der Waals surface area contributed by atoms with Gasteiger partial charge in [0.2, 0.25) is 5.91 Å². The number of morpholine rings is 1. The van der Waals surface area contributed by atoms with Crippen molar-refractivity contribution in [3.63, 3.8) is 0 Å². The summed E-state index contributed by atoms with van der Waals surface area (Å²) in [5, 5.41) is 2.23. The van der Waals surface area contributed by atoms with Crippen LogP contribution in [0.25, 0.3) is 0 Å². The second kappa shape index (κ2) is 7.63. The van der Waals surface area contributed by atoms with Crippen molar-refractivity contribution in [3.8, 4) is 0 Å². The summed E-state index contributed by atoms with van der Waals surface area (Å²) in [4.78, 5) is 39.5. The first-order chi connectivity index (χ1) is 13.5. The molecule has 2 saturated heterocycles. The lowest BCUT2D eigenvalue weighted by Gasteiger charge is -2.47. The average Bonchev–Trinajstić information content (AvgIpc) is 3.15. The molecule has 0 aliphatic carbocycles. The molecule has 1 aromatic carbocycles. The zero-order valence-electron chi connectivity index (χ0n) is 15.6. The highest BCUT2D eigenvalue weighted by Crippen LogP contribution is 2.32. The molecule has 1 aromatic heterocycles. The number of nitrogens with zero attached hydrogens (tertiary/aromatic N) is 2. The number of hydrogen-bond acceptors (Lipinski definition) is 5. The second-order valence-corrected chi connectivity index (χ2v) is 7.35. The number of carbonyl (C=O) groups excluding carboxylic acids is 2. The molecule has 0 unspecified atom stereocenters. The van der Waals surface area contributed by atoms with Crippen LogP contribution in [0.5, 0.6) is 0 Å². The van der Waals surface area contributed by atoms with Crippen LogP contribution in [-0.2, 0) is 20.7 Å². The Labute approximate surface area is 162 Å². The largest absolute Gasteiger partial charge is 0.384 e. The van der Waals surface area contributed by atoms with E-state index in [0.29, 0.717) is 51.1 Å². The summed E-state index contributed by atoms with van der Waals surface area (Å²) < 4.78 is 10.9. The second-order valence-electron chi connectivity index (χ2n) is 7.35. The Morgan fingerprint density at radius 1 is 1.14 bits per heavy atom. The summed E-state index contributed by atoms with van der Waals surface area (Å²) in [6.45, 7) is 1.75. The number of aryl methyl sites for hydroxylation is 1. The van der Waals surface area contributed by atoms with Crippen LogP contribution < -0.4 is 10.5 Å². The van der Waals surface area contributed by atoms with E-state index in [-0.39, 0.29) is 24.0 Å². The van der Waals surface area contributed by atoms with Crippen molar-refractivity contribution in [2.75, 3.05) is 31.1 Å². The van der Waals surface area contributed by atoms with Crippen LogP contribution in [-0.4, -0.2) is 53.7 Å². The van der Waals surface area contributed by atoms with Crippen LogP contribution in [0.2, 0.25) is 0 Å². The SMILES string of the molecule is O=C(CCc1cc(=O)[nH]o1)N1CCC2(CC1)CN(c1ccccc1)C(=O)CO2. The Balaban J connectivity index is 1.34. The standard InChI is InChI=1S/C20H23N3O5/c24-17-12-16(28-21-17)6-7-18(25)22-10-8-20(9-11-22)14-23(19(26)13-27-20)15-4-2-1-3-5-15/h1-5,12H,6-11,13-14H2,(H,21,24). The Kier molecular flexibility index (Phi) is 5.04. The molecule has 2 aliphatic heterocycles. The summed E-state index contributed by atoms with van der Waals surface area (Å²) in [5.41, 5.74) is 0.171. The fourth-order valence-corrected chi connectivity index (χ4v) is 3.86. The normalized spacial score (nSPS) is 19.2. The van der Waals surface area contributed by atoms with Crippen LogP contribution in [0.4, 0.5) is 5.69 Å². The van der Waals surface area contributed by atoms with Gasteiger partial charge in [0.1, 0.15) is 12.4 Å². The third kappa shape index (κ3) is 3.87. The number of para-hydroxylation sites is 1. The van der Waals surface area contributed by atoms with Gasteiger partial charge in [0.15, 0.2) is 0 Å². The van der Waals surface area contributed by atoms with Gasteiger partial charge in [-0.05, 0) is 25.0 Å². The van der Waals surface area contributed by atoms with Crippen LogP contribution in [0.15, 0.2) is 45.7 Å². The van der Waals surface area contributed by atoms with E-state index in [9.17, 15) is 14.4 Å². The number of hydrogen-bond donors (Lipinski definition) is 1. The lowest BCUT2D eigenvalue weighted by Crippen LogP contribution is -2.59. The lowest BCUT2D eigenvalue weighted by atomic mass is 9.88. The molecule has 3 heterocycles. The molecule has 8 nitrogen and oxygen atoms in total. The summed E-state index contributed by atoms with van der Waals surface area (Å²) in [7, 11) is 0. The summed E-state index contributed by atoms with van der Waals surface area (Å²) >= 11 is 0. The Morgan fingerprint density at radius 2 is 1.89 bits per heavy atom. The fourth-order valence-electron chi connectivity index (χ4n) is 3.86. The molecule has 8 heteroatoms. The lowest BCUT2D eigenvalue weighted by molar-refractivity contribution is -0.150. The highest BCUT2D eigenvalue weighted by Gasteiger charge is 2.43. The van der Waals surface area contributed by atoms with Gasteiger partial charge in [-0.3, -0.25) is 14.4 Å². The predicted octanol–water partition coefficient (Wildman–Crippen LogP) is 1.33. The average molecular weight is 385 g/mol. The molecule has 2 amide bonds. The number of aromatic nitrogens is 1. The monoisotopic (exact) mass is 385 g/mol. The first-order valence-electron chi connectivity index (χ1n) is 9.49. The number of likely N-dealkylation sites (tertiary alicyclic amines) is 1. The number of piperidine rings is 1. The smallest absolute Gasteiger partial charge is 0.280 e. The van der Waals surface area contributed by atoms with Crippen molar-refractivity contribution in [1.82, 2.24) is 10.1 Å². The quantitative estimate of drug-likeness (QED) is 0.857. The highest BCUT2D eigenvalue weighted by atomic mass is 16.5. The first-order valence-corrected chi connectivity index (χ1v) is 9.49. The molecule has 1 spiro atoms. The third-order valence-electron chi connectivity index (χ3n) is 5.50. The van der Waals surface area contributed by atoms with Crippen LogP contribution >= 0.6 is 0 Å². The van der Waals surface area contributed by atoms with E-state index in [2.05, 4.69) is 5.16 Å². The van der Waals surface area contributed by atoms with Gasteiger partial charge in [-0.2, -0.15) is 5.16 Å². The molecule has 4 rings (SSSR count). The van der Waals surface area contributed by atoms with Crippen LogP contribution in [0.1, 0.15) is 25.0 Å². The molecule has 2 aromatic rings. The van der Waals surface area contributed by atoms with E-state index >= 15 is 0 Å². The topological polar surface area (TPSA) is 95.9 Å². The molecule has 2 aliphatic rings. The molecule has 1 N–H and O–H groups in total. The molecule has 0 saturated carbocycles. The summed E-state index contributed by atoms with van der Waals surface area (Å²) in [6.07, 6.45) is 2.07. The van der Waals surface area contributed by atoms with Crippen molar-refractivity contribution < 1.29 is 18.8 Å². The number of H-pyrrole nitrogens is 1. The summed E-state index contributed by atoms with van der Waals surface area (Å²) in [6, 6.07) is 11.0. The van der Waals surface area contributed by atoms with Crippen molar-refractivity contribution in [2.45, 2.75) is 31.3 Å². The fraction of sp³-hybridized carbons (Fsp3) is 0.450. The van der Waals surface area contributed by atoms with Crippen molar-refractivity contribution in [3.05, 3.63) is 52.5 Å². The third-order valence-corrected chi connectivity index (χ3v) is 5.50. The van der Waals surface area contributed by atoms with Crippen LogP contribution in [0.3, 0.4) is 0 Å². The number of aromatic amines is 1. The molecular formula is C20H23N3O5. The molecule has 2 fully saturated rings. The van der Waals surface area contributed by atoms with E-state index in [4.69, 9.17) is 9.26 Å². The molecule has 148 valence electrons. The summed E-state index contributed by atoms with van der Waals surface area (Å²) in [5.74, 6) is 0.480. The van der Waals surface area contributed by atoms with Gasteiger partial charge in [0.05, 0.1) is 12.1 Å². The molecule has 0 bridgehead atoms. The van der Waals surface area contributed by atoms with Gasteiger partial charge in [-0.25, -0.2) is 0 Å². The maximum atomic E-state index is 12.5. The van der Waals surface area contributed by atoms with Gasteiger partial charge in [-0.1, -0.05) is 18.2 Å². The van der Waals surface area contributed by atoms with E-state index in [0.717, 1.165) is 5.69 Å². The molecule has 28 heavy (non-hydrogen) atoms. The number of nitrogens with one attached hydrogen (secondary N) is 1. The van der Waals surface area contributed by atoms with Gasteiger partial charge in [-0.15, -0.1) is 0 Å². The zero-order chi connectivity index (χ0) is 19.6. The van der Waals surface area contributed by atoms with Crippen molar-refractivity contribution >= 4 is 17.5 Å². The van der Waals surface area contributed by atoms with Gasteiger partial charge in [0, 0.05) is 37.7 Å². The van der Waals surface area contributed by atoms with E-state index < -0.39 is 5.60 Å². The zero-order valence-corrected chi connectivity index (χ0v) is 15.6. The van der Waals surface area contributed by atoms with Gasteiger partial charge < -0.3 is 19.1 Å². The minimum atomic E-state index is -0.409. The Hall–Kier alpha value is -2.87. The van der Waals surface area contributed by atoms with E-state index in [1.165, 1.54) is 6.07 Å². The molecule has 0 atom stereocenters. The van der Waals surface area contributed by atoms with Crippen molar-refractivity contribution in [1.29, 1.82) is 0 Å². The number of rotatable bonds is 4. The molecular weight excluding hydrogens is 362 g/mol. The minimum absolute atomic E-state index is 0.0329. The predicted molar refractivity (Wildman–Crippen MR) is 101 cm³/mol. The number of carbonyl (C=O) groups is 2. The highest BCUT2D eigenvalue weighted by molar-refractivity contribution is 5.95. The first kappa shape index (κ1) is 18.5. The number of benzene rings is 1. The maximum absolute atomic E-state index is 12.5. The van der Waals surface area contributed by atoms with E-state index in [1.54, 1.807) is 4.90 Å². The number of amides is 2.